The van der Waals surface area contributed by atoms with Gasteiger partial charge >= 0.3 is 5.97 Å². The molecule has 0 saturated heterocycles. The summed E-state index contributed by atoms with van der Waals surface area (Å²) in [6.07, 6.45) is 5.66. The second-order valence-corrected chi connectivity index (χ2v) is 12.0. The molecular formula is C30H34ClN5O3. The Morgan fingerprint density at radius 1 is 1.23 bits per heavy atom. The van der Waals surface area contributed by atoms with Gasteiger partial charge in [0.05, 0.1) is 17.1 Å². The lowest BCUT2D eigenvalue weighted by molar-refractivity contribution is -0.167. The van der Waals surface area contributed by atoms with Crippen molar-refractivity contribution in [3.05, 3.63) is 69.0 Å². The summed E-state index contributed by atoms with van der Waals surface area (Å²) in [6, 6.07) is 10.0. The Morgan fingerprint density at radius 2 is 1.97 bits per heavy atom. The van der Waals surface area contributed by atoms with E-state index in [1.807, 2.05) is 52.0 Å². The van der Waals surface area contributed by atoms with E-state index in [2.05, 4.69) is 21.1 Å². The van der Waals surface area contributed by atoms with Gasteiger partial charge in [-0.3, -0.25) is 0 Å². The normalized spacial score (nSPS) is 20.5. The zero-order chi connectivity index (χ0) is 27.9. The highest BCUT2D eigenvalue weighted by Gasteiger charge is 2.48. The van der Waals surface area contributed by atoms with Gasteiger partial charge in [-0.15, -0.1) is 5.10 Å². The minimum Gasteiger partial charge on any atom is -0.512 e. The maximum atomic E-state index is 13.4. The van der Waals surface area contributed by atoms with Crippen molar-refractivity contribution in [3.63, 3.8) is 0 Å². The molecule has 1 N–H and O–H groups in total. The third-order valence-electron chi connectivity index (χ3n) is 8.28. The van der Waals surface area contributed by atoms with E-state index in [-0.39, 0.29) is 30.1 Å². The van der Waals surface area contributed by atoms with Gasteiger partial charge in [0.2, 0.25) is 0 Å². The Bertz CT molecular complexity index is 1510. The molecule has 1 aliphatic heterocycles. The molecule has 1 saturated carbocycles. The minimum atomic E-state index is -0.778. The number of aryl methyl sites for hydroxylation is 3. The SMILES string of the molecule is Cc1cc(C)n2nc(CC3=C(O)C[C@@](CCc4ccc(C(C)(C)C#N)c(Cl)c4)(C4CCCC4)OC3=O)nc2n1. The average molecular weight is 548 g/mol. The van der Waals surface area contributed by atoms with Gasteiger partial charge in [-0.05, 0) is 82.6 Å². The molecule has 204 valence electrons. The van der Waals surface area contributed by atoms with E-state index in [1.165, 1.54) is 0 Å². The molecule has 0 bridgehead atoms. The fourth-order valence-corrected chi connectivity index (χ4v) is 6.50. The standard InChI is InChI=1S/C30H34ClN5O3/c1-18-13-19(2)36-28(33-18)34-26(35-36)15-22-25(37)16-30(39-27(22)38,21-7-5-6-8-21)12-11-20-9-10-23(24(31)14-20)29(3,4)17-32/h9-10,13-14,21,37H,5-8,11-12,15-16H2,1-4H3/t30-/m0/s1. The summed E-state index contributed by atoms with van der Waals surface area (Å²) in [7, 11) is 0. The molecule has 1 aliphatic carbocycles. The molecule has 3 heterocycles. The predicted molar refractivity (Wildman–Crippen MR) is 147 cm³/mol. The molecule has 0 spiro atoms. The molecule has 0 radical (unpaired) electrons. The molecule has 2 aliphatic rings. The number of esters is 1. The molecular weight excluding hydrogens is 514 g/mol. The summed E-state index contributed by atoms with van der Waals surface area (Å²) in [5.41, 5.74) is 2.27. The average Bonchev–Trinajstić information content (AvgIpc) is 3.56. The first-order valence-corrected chi connectivity index (χ1v) is 13.9. The molecule has 0 amide bonds. The number of cyclic esters (lactones) is 1. The summed E-state index contributed by atoms with van der Waals surface area (Å²) >= 11 is 6.56. The first kappa shape index (κ1) is 27.1. The smallest absolute Gasteiger partial charge is 0.338 e. The molecule has 9 heteroatoms. The van der Waals surface area contributed by atoms with E-state index >= 15 is 0 Å². The van der Waals surface area contributed by atoms with Crippen LogP contribution in [-0.2, 0) is 27.8 Å². The van der Waals surface area contributed by atoms with E-state index < -0.39 is 17.0 Å². The molecule has 0 unspecified atom stereocenters. The van der Waals surface area contributed by atoms with Crippen LogP contribution in [0.2, 0.25) is 5.02 Å². The third-order valence-corrected chi connectivity index (χ3v) is 8.59. The maximum Gasteiger partial charge on any atom is 0.338 e. The van der Waals surface area contributed by atoms with Gasteiger partial charge in [0.15, 0.2) is 5.82 Å². The van der Waals surface area contributed by atoms with Crippen molar-refractivity contribution in [2.24, 2.45) is 5.92 Å². The Balaban J connectivity index is 1.39. The van der Waals surface area contributed by atoms with Crippen molar-refractivity contribution in [3.8, 4) is 6.07 Å². The molecule has 1 aromatic carbocycles. The summed E-state index contributed by atoms with van der Waals surface area (Å²) in [4.78, 5) is 22.3. The number of fused-ring (bicyclic) bond motifs is 1. The summed E-state index contributed by atoms with van der Waals surface area (Å²) < 4.78 is 7.91. The Labute approximate surface area is 233 Å². The lowest BCUT2D eigenvalue weighted by atomic mass is 9.76. The van der Waals surface area contributed by atoms with Crippen LogP contribution in [0.15, 0.2) is 35.6 Å². The predicted octanol–water partition coefficient (Wildman–Crippen LogP) is 6.06. The van der Waals surface area contributed by atoms with E-state index in [4.69, 9.17) is 16.3 Å². The first-order valence-electron chi connectivity index (χ1n) is 13.6. The molecule has 1 fully saturated rings. The quantitative estimate of drug-likeness (QED) is 0.358. The number of benzene rings is 1. The van der Waals surface area contributed by atoms with Crippen molar-refractivity contribution >= 4 is 23.3 Å². The van der Waals surface area contributed by atoms with E-state index in [0.717, 1.165) is 48.2 Å². The van der Waals surface area contributed by atoms with Gasteiger partial charge < -0.3 is 9.84 Å². The van der Waals surface area contributed by atoms with E-state index in [9.17, 15) is 15.2 Å². The number of aliphatic hydroxyl groups is 1. The third kappa shape index (κ3) is 5.25. The van der Waals surface area contributed by atoms with Crippen LogP contribution < -0.4 is 0 Å². The fourth-order valence-electron chi connectivity index (χ4n) is 6.07. The largest absolute Gasteiger partial charge is 0.512 e. The van der Waals surface area contributed by atoms with Gasteiger partial charge in [0.1, 0.15) is 11.4 Å². The van der Waals surface area contributed by atoms with E-state index in [0.29, 0.717) is 29.5 Å². The molecule has 39 heavy (non-hydrogen) atoms. The number of ether oxygens (including phenoxy) is 1. The summed E-state index contributed by atoms with van der Waals surface area (Å²) in [5, 5.41) is 25.8. The number of aliphatic hydroxyl groups excluding tert-OH is 1. The highest BCUT2D eigenvalue weighted by molar-refractivity contribution is 6.31. The van der Waals surface area contributed by atoms with Gasteiger partial charge in [0, 0.05) is 29.3 Å². The number of aromatic nitrogens is 4. The Morgan fingerprint density at radius 3 is 2.64 bits per heavy atom. The van der Waals surface area contributed by atoms with Crippen molar-refractivity contribution < 1.29 is 14.6 Å². The zero-order valence-corrected chi connectivity index (χ0v) is 23.7. The van der Waals surface area contributed by atoms with Gasteiger partial charge in [-0.2, -0.15) is 10.2 Å². The van der Waals surface area contributed by atoms with E-state index in [1.54, 1.807) is 4.52 Å². The van der Waals surface area contributed by atoms with Crippen molar-refractivity contribution in [2.45, 2.75) is 90.1 Å². The number of rotatable bonds is 7. The highest BCUT2D eigenvalue weighted by atomic mass is 35.5. The van der Waals surface area contributed by atoms with Crippen LogP contribution in [0.1, 0.15) is 80.7 Å². The second kappa shape index (κ2) is 10.3. The first-order chi connectivity index (χ1) is 18.5. The second-order valence-electron chi connectivity index (χ2n) is 11.5. The number of hydrogen-bond acceptors (Lipinski definition) is 7. The van der Waals surface area contributed by atoms with Gasteiger partial charge in [-0.1, -0.05) is 36.6 Å². The Hall–Kier alpha value is -3.44. The molecule has 5 rings (SSSR count). The topological polar surface area (TPSA) is 113 Å². The molecule has 2 aromatic heterocycles. The van der Waals surface area contributed by atoms with Crippen molar-refractivity contribution in [1.29, 1.82) is 5.26 Å². The number of nitrogens with zero attached hydrogens (tertiary/aromatic N) is 5. The minimum absolute atomic E-state index is 0.0574. The highest BCUT2D eigenvalue weighted by Crippen LogP contribution is 2.46. The van der Waals surface area contributed by atoms with Crippen LogP contribution in [0.25, 0.3) is 5.78 Å². The lowest BCUT2D eigenvalue weighted by Gasteiger charge is -2.41. The Kier molecular flexibility index (Phi) is 7.15. The van der Waals surface area contributed by atoms with Gasteiger partial charge in [-0.25, -0.2) is 14.3 Å². The number of carbonyl (C=O) groups excluding carboxylic acids is 1. The van der Waals surface area contributed by atoms with Crippen molar-refractivity contribution in [2.75, 3.05) is 0 Å². The summed E-state index contributed by atoms with van der Waals surface area (Å²) in [5.74, 6) is 0.616. The van der Waals surface area contributed by atoms with Crippen LogP contribution in [0, 0.1) is 31.1 Å². The summed E-state index contributed by atoms with van der Waals surface area (Å²) in [6.45, 7) is 7.51. The number of nitriles is 1. The molecule has 1 atom stereocenters. The van der Waals surface area contributed by atoms with Crippen LogP contribution in [0.3, 0.4) is 0 Å². The fraction of sp³-hybridized carbons (Fsp3) is 0.500. The van der Waals surface area contributed by atoms with Crippen molar-refractivity contribution in [1.82, 2.24) is 19.6 Å². The van der Waals surface area contributed by atoms with Crippen LogP contribution in [-0.4, -0.2) is 36.3 Å². The zero-order valence-electron chi connectivity index (χ0n) is 22.9. The number of halogens is 1. The molecule has 8 nitrogen and oxygen atoms in total. The number of carbonyl (C=O) groups is 1. The lowest BCUT2D eigenvalue weighted by Crippen LogP contribution is -2.46. The number of hydrogen-bond donors (Lipinski definition) is 1. The van der Waals surface area contributed by atoms with Crippen LogP contribution >= 0.6 is 11.6 Å². The molecule has 3 aromatic rings. The van der Waals surface area contributed by atoms with Crippen LogP contribution in [0.5, 0.6) is 0 Å². The monoisotopic (exact) mass is 547 g/mol. The van der Waals surface area contributed by atoms with Gasteiger partial charge in [0.25, 0.3) is 5.78 Å². The maximum absolute atomic E-state index is 13.4. The van der Waals surface area contributed by atoms with Crippen LogP contribution in [0.4, 0.5) is 0 Å².